The largest absolute Gasteiger partial charge is 0.352 e. The maximum atomic E-state index is 14.7. The van der Waals surface area contributed by atoms with Crippen LogP contribution in [-0.2, 0) is 10.2 Å². The Hall–Kier alpha value is -4.48. The van der Waals surface area contributed by atoms with Crippen LogP contribution in [0, 0.1) is 5.92 Å². The molecule has 3 aliphatic heterocycles. The Morgan fingerprint density at radius 2 is 1.45 bits per heavy atom. The normalized spacial score (nSPS) is 24.1. The summed E-state index contributed by atoms with van der Waals surface area (Å²) in [6.07, 6.45) is 2.06. The van der Waals surface area contributed by atoms with E-state index in [9.17, 15) is 14.4 Å². The van der Waals surface area contributed by atoms with Crippen molar-refractivity contribution < 1.29 is 14.4 Å². The van der Waals surface area contributed by atoms with Gasteiger partial charge in [0, 0.05) is 33.1 Å². The molecule has 0 aromatic heterocycles. The van der Waals surface area contributed by atoms with Gasteiger partial charge in [-0.2, -0.15) is 0 Å². The minimum Gasteiger partial charge on any atom is -0.352 e. The Morgan fingerprint density at radius 1 is 0.800 bits per heavy atom. The highest BCUT2D eigenvalue weighted by atomic mass is 35.5. The summed E-state index contributed by atoms with van der Waals surface area (Å²) in [7, 11) is 0. The number of hydrogen-bond donors (Lipinski definition) is 1. The molecule has 196 valence electrons. The van der Waals surface area contributed by atoms with Crippen LogP contribution in [0.3, 0.4) is 0 Å². The number of fused-ring (bicyclic) bond motifs is 6. The quantitative estimate of drug-likeness (QED) is 0.294. The van der Waals surface area contributed by atoms with Gasteiger partial charge in [-0.1, -0.05) is 84.4 Å². The summed E-state index contributed by atoms with van der Waals surface area (Å²) in [5.41, 5.74) is 3.78. The van der Waals surface area contributed by atoms with E-state index in [4.69, 9.17) is 11.6 Å². The molecule has 0 saturated carbocycles. The van der Waals surface area contributed by atoms with Gasteiger partial charge in [-0.25, -0.2) is 0 Å². The van der Waals surface area contributed by atoms with Gasteiger partial charge in [0.25, 0.3) is 0 Å². The number of anilines is 2. The van der Waals surface area contributed by atoms with E-state index >= 15 is 0 Å². The number of halogens is 1. The Labute approximate surface area is 237 Å². The molecule has 1 spiro atoms. The molecule has 3 aliphatic rings. The molecule has 0 aliphatic carbocycles. The number of ketones is 2. The second-order valence-electron chi connectivity index (χ2n) is 10.6. The van der Waals surface area contributed by atoms with Gasteiger partial charge in [0.1, 0.15) is 11.5 Å². The molecule has 40 heavy (non-hydrogen) atoms. The van der Waals surface area contributed by atoms with Gasteiger partial charge in [-0.05, 0) is 54.5 Å². The lowest BCUT2D eigenvalue weighted by molar-refractivity contribution is -0.121. The van der Waals surface area contributed by atoms with Crippen molar-refractivity contribution in [1.29, 1.82) is 0 Å². The van der Waals surface area contributed by atoms with Crippen molar-refractivity contribution in [3.8, 4) is 0 Å². The van der Waals surface area contributed by atoms with E-state index in [1.54, 1.807) is 36.4 Å². The van der Waals surface area contributed by atoms with Crippen molar-refractivity contribution in [1.82, 2.24) is 0 Å². The van der Waals surface area contributed by atoms with Crippen molar-refractivity contribution >= 4 is 46.0 Å². The van der Waals surface area contributed by atoms with E-state index in [2.05, 4.69) is 11.4 Å². The number of carbonyl (C=O) groups excluding carboxylic acids is 3. The molecule has 0 radical (unpaired) electrons. The number of hydrogen-bond acceptors (Lipinski definition) is 4. The molecule has 4 aromatic carbocycles. The van der Waals surface area contributed by atoms with Crippen LogP contribution < -0.4 is 10.2 Å². The van der Waals surface area contributed by atoms with E-state index in [1.165, 1.54) is 0 Å². The van der Waals surface area contributed by atoms with Crippen LogP contribution in [0.1, 0.15) is 38.8 Å². The molecule has 3 heterocycles. The summed E-state index contributed by atoms with van der Waals surface area (Å²) in [5, 5.41) is 3.57. The highest BCUT2D eigenvalue weighted by Crippen LogP contribution is 2.58. The maximum absolute atomic E-state index is 14.7. The summed E-state index contributed by atoms with van der Waals surface area (Å²) >= 11 is 6.17. The van der Waals surface area contributed by atoms with Crippen molar-refractivity contribution in [3.05, 3.63) is 136 Å². The number of Topliss-reactive ketones (excluding diaryl/α,β-unsaturated/α-hetero) is 2. The molecule has 4 aromatic rings. The predicted octanol–water partition coefficient (Wildman–Crippen LogP) is 6.59. The molecule has 1 amide bonds. The van der Waals surface area contributed by atoms with E-state index in [1.807, 2.05) is 78.6 Å². The molecule has 6 heteroatoms. The number of amides is 1. The summed E-state index contributed by atoms with van der Waals surface area (Å²) in [6, 6.07) is 29.6. The Bertz CT molecular complexity index is 1730. The van der Waals surface area contributed by atoms with Gasteiger partial charge in [0.15, 0.2) is 11.6 Å². The van der Waals surface area contributed by atoms with Crippen molar-refractivity contribution in [2.75, 3.05) is 10.2 Å². The molecule has 0 unspecified atom stereocenters. The third-order valence-corrected chi connectivity index (χ3v) is 8.87. The number of benzene rings is 4. The van der Waals surface area contributed by atoms with Crippen LogP contribution >= 0.6 is 11.6 Å². The Morgan fingerprint density at radius 3 is 2.23 bits per heavy atom. The number of nitrogens with zero attached hydrogens (tertiary/aromatic N) is 1. The highest BCUT2D eigenvalue weighted by Gasteiger charge is 2.70. The predicted molar refractivity (Wildman–Crippen MR) is 157 cm³/mol. The molecule has 1 fully saturated rings. The second-order valence-corrected chi connectivity index (χ2v) is 11.0. The second kappa shape index (κ2) is 9.04. The fraction of sp³-hybridized carbons (Fsp3) is 0.147. The van der Waals surface area contributed by atoms with Gasteiger partial charge in [-0.15, -0.1) is 0 Å². The van der Waals surface area contributed by atoms with Crippen molar-refractivity contribution in [3.63, 3.8) is 0 Å². The standard InChI is InChI=1S/C34H25ClN2O3/c1-20-19-28-34(25-12-6-7-13-26(25)36-33(34)40)29(31(38)22-15-17-23(35)18-16-22)30(32(39)21-9-3-2-4-10-21)37(28)27-14-8-5-11-24(20)27/h2-19,28-30H,1H3,(H,36,40)/t28-,29+,30-,34+/m1/s1. The summed E-state index contributed by atoms with van der Waals surface area (Å²) in [4.78, 5) is 45.7. The van der Waals surface area contributed by atoms with E-state index in [0.29, 0.717) is 21.8 Å². The van der Waals surface area contributed by atoms with Crippen LogP contribution in [-0.4, -0.2) is 29.6 Å². The SMILES string of the molecule is CC1=C[C@H]2N(c3ccccc31)[C@@H](C(=O)c1ccccc1)[C@@H](C(=O)c1ccc(Cl)cc1)[C@@]21C(=O)Nc2ccccc21. The molecular formula is C34H25ClN2O3. The van der Waals surface area contributed by atoms with Gasteiger partial charge in [0.05, 0.1) is 12.0 Å². The molecule has 5 nitrogen and oxygen atoms in total. The van der Waals surface area contributed by atoms with E-state index < -0.39 is 23.4 Å². The van der Waals surface area contributed by atoms with Gasteiger partial charge in [-0.3, -0.25) is 14.4 Å². The Balaban J connectivity index is 1.56. The van der Waals surface area contributed by atoms with Crippen LogP contribution in [0.5, 0.6) is 0 Å². The average Bonchev–Trinajstić information content (AvgIpc) is 3.45. The van der Waals surface area contributed by atoms with Crippen molar-refractivity contribution in [2.24, 2.45) is 5.92 Å². The minimum absolute atomic E-state index is 0.199. The molecule has 7 rings (SSSR count). The number of carbonyl (C=O) groups is 3. The summed E-state index contributed by atoms with van der Waals surface area (Å²) in [6.45, 7) is 2.02. The lowest BCUT2D eigenvalue weighted by Crippen LogP contribution is -2.51. The van der Waals surface area contributed by atoms with Gasteiger partial charge in [0.2, 0.25) is 5.91 Å². The minimum atomic E-state index is -1.34. The topological polar surface area (TPSA) is 66.5 Å². The smallest absolute Gasteiger partial charge is 0.238 e. The zero-order valence-electron chi connectivity index (χ0n) is 21.7. The van der Waals surface area contributed by atoms with E-state index in [0.717, 1.165) is 22.4 Å². The lowest BCUT2D eigenvalue weighted by atomic mass is 9.64. The fourth-order valence-corrected chi connectivity index (χ4v) is 7.08. The summed E-state index contributed by atoms with van der Waals surface area (Å²) in [5.74, 6) is -1.75. The van der Waals surface area contributed by atoms with Crippen LogP contribution in [0.4, 0.5) is 11.4 Å². The van der Waals surface area contributed by atoms with Crippen LogP contribution in [0.2, 0.25) is 5.02 Å². The molecular weight excluding hydrogens is 520 g/mol. The van der Waals surface area contributed by atoms with Gasteiger partial charge < -0.3 is 10.2 Å². The Kier molecular flexibility index (Phi) is 5.55. The number of nitrogens with one attached hydrogen (secondary N) is 1. The molecule has 0 bridgehead atoms. The number of rotatable bonds is 4. The molecule has 1 saturated heterocycles. The first-order valence-electron chi connectivity index (χ1n) is 13.3. The first kappa shape index (κ1) is 24.6. The van der Waals surface area contributed by atoms with Gasteiger partial charge >= 0.3 is 0 Å². The zero-order chi connectivity index (χ0) is 27.6. The number of allylic oxidation sites excluding steroid dienone is 1. The van der Waals surface area contributed by atoms with E-state index in [-0.39, 0.29) is 17.5 Å². The average molecular weight is 545 g/mol. The maximum Gasteiger partial charge on any atom is 0.238 e. The van der Waals surface area contributed by atoms with Crippen LogP contribution in [0.15, 0.2) is 109 Å². The third-order valence-electron chi connectivity index (χ3n) is 8.62. The first-order chi connectivity index (χ1) is 19.4. The third kappa shape index (κ3) is 3.31. The molecule has 4 atom stereocenters. The fourth-order valence-electron chi connectivity index (χ4n) is 6.95. The first-order valence-corrected chi connectivity index (χ1v) is 13.7. The van der Waals surface area contributed by atoms with Crippen molar-refractivity contribution in [2.45, 2.75) is 24.4 Å². The lowest BCUT2D eigenvalue weighted by Gasteiger charge is -2.39. The monoisotopic (exact) mass is 544 g/mol. The highest BCUT2D eigenvalue weighted by molar-refractivity contribution is 6.30. The van der Waals surface area contributed by atoms with Crippen LogP contribution in [0.25, 0.3) is 5.57 Å². The molecule has 1 N–H and O–H groups in total. The zero-order valence-corrected chi connectivity index (χ0v) is 22.4. The summed E-state index contributed by atoms with van der Waals surface area (Å²) < 4.78 is 0. The number of para-hydroxylation sites is 2.